The second-order valence-corrected chi connectivity index (χ2v) is 8.22. The second kappa shape index (κ2) is 9.85. The van der Waals surface area contributed by atoms with Crippen LogP contribution in [0.25, 0.3) is 0 Å². The highest BCUT2D eigenvalue weighted by Gasteiger charge is 2.44. The number of methoxy groups -OCH3 is 1. The molecule has 3 rings (SSSR count). The summed E-state index contributed by atoms with van der Waals surface area (Å²) in [6.07, 6.45) is 1.63. The lowest BCUT2D eigenvalue weighted by molar-refractivity contribution is -0.123. The van der Waals surface area contributed by atoms with Crippen molar-refractivity contribution in [2.24, 2.45) is 11.8 Å². The summed E-state index contributed by atoms with van der Waals surface area (Å²) in [5, 5.41) is 0.657. The van der Waals surface area contributed by atoms with E-state index >= 15 is 0 Å². The molecule has 2 unspecified atom stereocenters. The molecule has 0 saturated heterocycles. The van der Waals surface area contributed by atoms with Crippen LogP contribution < -0.4 is 20.3 Å². The number of hydrogen-bond donors (Lipinski definition) is 2. The lowest BCUT2D eigenvalue weighted by atomic mass is 10.1. The van der Waals surface area contributed by atoms with Gasteiger partial charge < -0.3 is 9.47 Å². The summed E-state index contributed by atoms with van der Waals surface area (Å²) in [5.74, 6) is 0.820. The van der Waals surface area contributed by atoms with Crippen LogP contribution in [-0.2, 0) is 4.79 Å². The summed E-state index contributed by atoms with van der Waals surface area (Å²) in [4.78, 5) is 24.8. The molecule has 1 saturated carbocycles. The predicted octanol–water partition coefficient (Wildman–Crippen LogP) is 4.34. The first kappa shape index (κ1) is 22.0. The molecule has 0 radical (unpaired) electrons. The molecule has 7 heteroatoms. The predicted molar refractivity (Wildman–Crippen MR) is 116 cm³/mol. The summed E-state index contributed by atoms with van der Waals surface area (Å²) < 4.78 is 11.1. The topological polar surface area (TPSA) is 76.7 Å². The molecule has 6 nitrogen and oxygen atoms in total. The Bertz CT molecular complexity index is 916. The van der Waals surface area contributed by atoms with E-state index in [-0.39, 0.29) is 17.7 Å². The number of carbonyl (C=O) groups excluding carboxylic acids is 2. The Hall–Kier alpha value is -2.73. The minimum Gasteiger partial charge on any atom is -0.493 e. The standard InChI is InChI=1S/C23H27ClN2O4/c1-14(2)10-11-30-20-9-8-15(12-21(20)29-3)22(27)25-26-23(28)18-13-17(18)16-6-4-5-7-19(16)24/h4-9,12,14,17-18H,10-11,13H2,1-3H3,(H,25,27)(H,26,28). The van der Waals surface area contributed by atoms with Crippen LogP contribution in [0, 0.1) is 11.8 Å². The molecule has 2 atom stereocenters. The molecule has 1 aliphatic carbocycles. The van der Waals surface area contributed by atoms with Gasteiger partial charge in [0.1, 0.15) is 0 Å². The van der Waals surface area contributed by atoms with Gasteiger partial charge in [-0.25, -0.2) is 0 Å². The molecular weight excluding hydrogens is 404 g/mol. The first-order valence-electron chi connectivity index (χ1n) is 10.1. The molecule has 1 fully saturated rings. The molecule has 0 aromatic heterocycles. The van der Waals surface area contributed by atoms with E-state index < -0.39 is 5.91 Å². The van der Waals surface area contributed by atoms with Gasteiger partial charge in [-0.3, -0.25) is 20.4 Å². The molecule has 30 heavy (non-hydrogen) atoms. The minimum absolute atomic E-state index is 0.0815. The molecular formula is C23H27ClN2O4. The van der Waals surface area contributed by atoms with Crippen LogP contribution in [0.2, 0.25) is 5.02 Å². The second-order valence-electron chi connectivity index (χ2n) is 7.81. The van der Waals surface area contributed by atoms with Gasteiger partial charge in [0.25, 0.3) is 5.91 Å². The van der Waals surface area contributed by atoms with Crippen molar-refractivity contribution >= 4 is 23.4 Å². The number of amides is 2. The number of hydrogen-bond acceptors (Lipinski definition) is 4. The average molecular weight is 431 g/mol. The molecule has 2 aromatic carbocycles. The van der Waals surface area contributed by atoms with Crippen molar-refractivity contribution in [3.8, 4) is 11.5 Å². The van der Waals surface area contributed by atoms with Gasteiger partial charge in [-0.1, -0.05) is 43.6 Å². The number of halogens is 1. The Labute approximate surface area is 181 Å². The first-order chi connectivity index (χ1) is 14.4. The molecule has 160 valence electrons. The van der Waals surface area contributed by atoms with Crippen molar-refractivity contribution < 1.29 is 19.1 Å². The Morgan fingerprint density at radius 3 is 2.60 bits per heavy atom. The van der Waals surface area contributed by atoms with Crippen LogP contribution in [-0.4, -0.2) is 25.5 Å². The molecule has 2 aromatic rings. The first-order valence-corrected chi connectivity index (χ1v) is 10.4. The fraction of sp³-hybridized carbons (Fsp3) is 0.391. The van der Waals surface area contributed by atoms with Crippen molar-refractivity contribution in [1.82, 2.24) is 10.9 Å². The number of nitrogens with one attached hydrogen (secondary N) is 2. The molecule has 0 bridgehead atoms. The van der Waals surface area contributed by atoms with Crippen LogP contribution >= 0.6 is 11.6 Å². The number of carbonyl (C=O) groups is 2. The van der Waals surface area contributed by atoms with Crippen molar-refractivity contribution in [1.29, 1.82) is 0 Å². The lowest BCUT2D eigenvalue weighted by Gasteiger charge is -2.13. The highest BCUT2D eigenvalue weighted by atomic mass is 35.5. The highest BCUT2D eigenvalue weighted by molar-refractivity contribution is 6.31. The Morgan fingerprint density at radius 1 is 1.13 bits per heavy atom. The SMILES string of the molecule is COc1cc(C(=O)NNC(=O)C2CC2c2ccccc2Cl)ccc1OCCC(C)C. The molecule has 2 N–H and O–H groups in total. The van der Waals surface area contributed by atoms with Crippen molar-refractivity contribution in [2.45, 2.75) is 32.6 Å². The Balaban J connectivity index is 1.53. The third kappa shape index (κ3) is 5.45. The monoisotopic (exact) mass is 430 g/mol. The number of rotatable bonds is 8. The van der Waals surface area contributed by atoms with Gasteiger partial charge >= 0.3 is 0 Å². The molecule has 0 spiro atoms. The zero-order valence-corrected chi connectivity index (χ0v) is 18.2. The van der Waals surface area contributed by atoms with Gasteiger partial charge in [-0.05, 0) is 54.5 Å². The van der Waals surface area contributed by atoms with Crippen LogP contribution in [0.15, 0.2) is 42.5 Å². The number of hydrazine groups is 1. The van der Waals surface area contributed by atoms with Crippen LogP contribution in [0.5, 0.6) is 11.5 Å². The van der Waals surface area contributed by atoms with Crippen LogP contribution in [0.3, 0.4) is 0 Å². The summed E-state index contributed by atoms with van der Waals surface area (Å²) in [6, 6.07) is 12.4. The van der Waals surface area contributed by atoms with E-state index in [4.69, 9.17) is 21.1 Å². The quantitative estimate of drug-likeness (QED) is 0.611. The smallest absolute Gasteiger partial charge is 0.269 e. The van der Waals surface area contributed by atoms with E-state index in [1.807, 2.05) is 24.3 Å². The molecule has 0 heterocycles. The van der Waals surface area contributed by atoms with Crippen molar-refractivity contribution in [3.63, 3.8) is 0 Å². The lowest BCUT2D eigenvalue weighted by Crippen LogP contribution is -2.42. The van der Waals surface area contributed by atoms with Crippen molar-refractivity contribution in [2.75, 3.05) is 13.7 Å². The van der Waals surface area contributed by atoms with Gasteiger partial charge in [0, 0.05) is 16.5 Å². The van der Waals surface area contributed by atoms with Gasteiger partial charge in [-0.2, -0.15) is 0 Å². The third-order valence-electron chi connectivity index (χ3n) is 5.11. The maximum atomic E-state index is 12.4. The van der Waals surface area contributed by atoms with Crippen molar-refractivity contribution in [3.05, 3.63) is 58.6 Å². The average Bonchev–Trinajstić information content (AvgIpc) is 3.52. The number of ether oxygens (including phenoxy) is 2. The Morgan fingerprint density at radius 2 is 1.90 bits per heavy atom. The Kier molecular flexibility index (Phi) is 7.21. The maximum Gasteiger partial charge on any atom is 0.269 e. The van der Waals surface area contributed by atoms with Crippen LogP contribution in [0.1, 0.15) is 48.5 Å². The third-order valence-corrected chi connectivity index (χ3v) is 5.45. The van der Waals surface area contributed by atoms with E-state index in [1.165, 1.54) is 7.11 Å². The fourth-order valence-corrected chi connectivity index (χ4v) is 3.50. The zero-order chi connectivity index (χ0) is 21.7. The van der Waals surface area contributed by atoms with Gasteiger partial charge in [0.15, 0.2) is 11.5 Å². The van der Waals surface area contributed by atoms with E-state index in [0.29, 0.717) is 41.0 Å². The van der Waals surface area contributed by atoms with E-state index in [0.717, 1.165) is 12.0 Å². The van der Waals surface area contributed by atoms with E-state index in [2.05, 4.69) is 24.7 Å². The summed E-state index contributed by atoms with van der Waals surface area (Å²) in [7, 11) is 1.52. The zero-order valence-electron chi connectivity index (χ0n) is 17.4. The normalized spacial score (nSPS) is 17.4. The molecule has 2 amide bonds. The van der Waals surface area contributed by atoms with Gasteiger partial charge in [0.05, 0.1) is 13.7 Å². The summed E-state index contributed by atoms with van der Waals surface area (Å²) in [6.45, 7) is 4.82. The maximum absolute atomic E-state index is 12.4. The van der Waals surface area contributed by atoms with E-state index in [9.17, 15) is 9.59 Å². The van der Waals surface area contributed by atoms with Gasteiger partial charge in [0.2, 0.25) is 5.91 Å². The minimum atomic E-state index is -0.426. The largest absolute Gasteiger partial charge is 0.493 e. The molecule has 1 aliphatic rings. The number of benzene rings is 2. The highest BCUT2D eigenvalue weighted by Crippen LogP contribution is 2.49. The summed E-state index contributed by atoms with van der Waals surface area (Å²) >= 11 is 6.20. The fourth-order valence-electron chi connectivity index (χ4n) is 3.22. The molecule has 0 aliphatic heterocycles. The van der Waals surface area contributed by atoms with E-state index in [1.54, 1.807) is 18.2 Å². The van der Waals surface area contributed by atoms with Crippen LogP contribution in [0.4, 0.5) is 0 Å². The summed E-state index contributed by atoms with van der Waals surface area (Å²) in [5.41, 5.74) is 6.30. The van der Waals surface area contributed by atoms with Gasteiger partial charge in [-0.15, -0.1) is 0 Å².